The largest absolute Gasteiger partial charge is 0.356 e. The Kier molecular flexibility index (Phi) is 5.74. The molecule has 88 valence electrons. The highest BCUT2D eigenvalue weighted by Gasteiger charge is 2.16. The molecule has 2 heteroatoms. The van der Waals surface area contributed by atoms with Crippen molar-refractivity contribution in [2.45, 2.75) is 58.8 Å². The van der Waals surface area contributed by atoms with Crippen molar-refractivity contribution in [1.29, 1.82) is 0 Å². The number of amides is 1. The van der Waals surface area contributed by atoms with Gasteiger partial charge in [0, 0.05) is 12.5 Å². The predicted octanol–water partition coefficient (Wildman–Crippen LogP) is 3.12. The standard InChI is InChI=1S/C13H25NO/c1-3-12(4-2)13(15)14-10-9-11-7-5-6-8-11/h11-12H,3-10H2,1-2H3,(H,14,15). The second-order valence-electron chi connectivity index (χ2n) is 4.74. The highest BCUT2D eigenvalue weighted by Crippen LogP contribution is 2.26. The molecule has 0 bridgehead atoms. The molecule has 1 N–H and O–H groups in total. The molecule has 0 atom stereocenters. The minimum Gasteiger partial charge on any atom is -0.356 e. The SMILES string of the molecule is CCC(CC)C(=O)NCCC1CCCC1. The number of carbonyl (C=O) groups excluding carboxylic acids is 1. The van der Waals surface area contributed by atoms with E-state index in [-0.39, 0.29) is 11.8 Å². The van der Waals surface area contributed by atoms with Crippen LogP contribution in [0.2, 0.25) is 0 Å². The van der Waals surface area contributed by atoms with Crippen LogP contribution in [0.25, 0.3) is 0 Å². The zero-order chi connectivity index (χ0) is 11.1. The van der Waals surface area contributed by atoms with Gasteiger partial charge >= 0.3 is 0 Å². The molecule has 0 aliphatic heterocycles. The van der Waals surface area contributed by atoms with Gasteiger partial charge in [-0.3, -0.25) is 4.79 Å². The first kappa shape index (κ1) is 12.5. The second kappa shape index (κ2) is 6.86. The van der Waals surface area contributed by atoms with Crippen molar-refractivity contribution in [2.75, 3.05) is 6.54 Å². The van der Waals surface area contributed by atoms with E-state index in [0.29, 0.717) is 0 Å². The molecule has 1 rings (SSSR count). The molecule has 0 unspecified atom stereocenters. The number of nitrogens with one attached hydrogen (secondary N) is 1. The van der Waals surface area contributed by atoms with E-state index in [9.17, 15) is 4.79 Å². The fraction of sp³-hybridized carbons (Fsp3) is 0.923. The smallest absolute Gasteiger partial charge is 0.223 e. The summed E-state index contributed by atoms with van der Waals surface area (Å²) in [5.41, 5.74) is 0. The van der Waals surface area contributed by atoms with Crippen LogP contribution >= 0.6 is 0 Å². The Morgan fingerprint density at radius 1 is 1.27 bits per heavy atom. The highest BCUT2D eigenvalue weighted by molar-refractivity contribution is 5.78. The van der Waals surface area contributed by atoms with Crippen LogP contribution in [0, 0.1) is 11.8 Å². The zero-order valence-corrected chi connectivity index (χ0v) is 10.2. The lowest BCUT2D eigenvalue weighted by Gasteiger charge is -2.14. The maximum atomic E-state index is 11.7. The third-order valence-electron chi connectivity index (χ3n) is 3.68. The average molecular weight is 211 g/mol. The summed E-state index contributed by atoms with van der Waals surface area (Å²) in [7, 11) is 0. The summed E-state index contributed by atoms with van der Waals surface area (Å²) < 4.78 is 0. The van der Waals surface area contributed by atoms with E-state index in [1.54, 1.807) is 0 Å². The third-order valence-corrected chi connectivity index (χ3v) is 3.68. The molecule has 1 fully saturated rings. The predicted molar refractivity (Wildman–Crippen MR) is 63.7 cm³/mol. The zero-order valence-electron chi connectivity index (χ0n) is 10.2. The first-order valence-electron chi connectivity index (χ1n) is 6.55. The van der Waals surface area contributed by atoms with E-state index in [4.69, 9.17) is 0 Å². The Morgan fingerprint density at radius 2 is 1.87 bits per heavy atom. The lowest BCUT2D eigenvalue weighted by molar-refractivity contribution is -0.125. The summed E-state index contributed by atoms with van der Waals surface area (Å²) in [6.45, 7) is 5.06. The normalized spacial score (nSPS) is 17.3. The summed E-state index contributed by atoms with van der Waals surface area (Å²) in [5, 5.41) is 3.07. The van der Waals surface area contributed by atoms with Gasteiger partial charge in [-0.15, -0.1) is 0 Å². The van der Waals surface area contributed by atoms with E-state index in [2.05, 4.69) is 19.2 Å². The van der Waals surface area contributed by atoms with Crippen LogP contribution in [0.1, 0.15) is 58.8 Å². The van der Waals surface area contributed by atoms with Gasteiger partial charge in [0.2, 0.25) is 5.91 Å². The second-order valence-corrected chi connectivity index (χ2v) is 4.74. The van der Waals surface area contributed by atoms with Gasteiger partial charge in [0.15, 0.2) is 0 Å². The number of rotatable bonds is 6. The van der Waals surface area contributed by atoms with Crippen LogP contribution in [0.5, 0.6) is 0 Å². The maximum absolute atomic E-state index is 11.7. The molecule has 0 radical (unpaired) electrons. The molecule has 1 aliphatic carbocycles. The van der Waals surface area contributed by atoms with Crippen molar-refractivity contribution in [3.8, 4) is 0 Å². The van der Waals surface area contributed by atoms with Crippen LogP contribution in [0.4, 0.5) is 0 Å². The van der Waals surface area contributed by atoms with E-state index in [1.807, 2.05) is 0 Å². The lowest BCUT2D eigenvalue weighted by atomic mass is 10.0. The Bertz CT molecular complexity index is 181. The fourth-order valence-corrected chi connectivity index (χ4v) is 2.50. The van der Waals surface area contributed by atoms with Gasteiger partial charge in [-0.05, 0) is 25.2 Å². The monoisotopic (exact) mass is 211 g/mol. The van der Waals surface area contributed by atoms with Crippen LogP contribution in [0.3, 0.4) is 0 Å². The highest BCUT2D eigenvalue weighted by atomic mass is 16.1. The first-order chi connectivity index (χ1) is 7.27. The molecule has 0 saturated heterocycles. The molecular weight excluding hydrogens is 186 g/mol. The van der Waals surface area contributed by atoms with Crippen LogP contribution in [-0.2, 0) is 4.79 Å². The van der Waals surface area contributed by atoms with Crippen molar-refractivity contribution in [3.05, 3.63) is 0 Å². The summed E-state index contributed by atoms with van der Waals surface area (Å²) in [6.07, 6.45) is 8.65. The molecule has 15 heavy (non-hydrogen) atoms. The van der Waals surface area contributed by atoms with Crippen molar-refractivity contribution < 1.29 is 4.79 Å². The van der Waals surface area contributed by atoms with Gasteiger partial charge in [0.05, 0.1) is 0 Å². The molecule has 0 aromatic heterocycles. The van der Waals surface area contributed by atoms with E-state index in [1.165, 1.54) is 32.1 Å². The molecule has 0 aromatic carbocycles. The van der Waals surface area contributed by atoms with Gasteiger partial charge in [-0.25, -0.2) is 0 Å². The molecule has 0 heterocycles. The van der Waals surface area contributed by atoms with Crippen LogP contribution in [-0.4, -0.2) is 12.5 Å². The van der Waals surface area contributed by atoms with Crippen molar-refractivity contribution >= 4 is 5.91 Å². The average Bonchev–Trinajstić information content (AvgIpc) is 2.72. The van der Waals surface area contributed by atoms with Crippen molar-refractivity contribution in [2.24, 2.45) is 11.8 Å². The van der Waals surface area contributed by atoms with E-state index < -0.39 is 0 Å². The third kappa shape index (κ3) is 4.23. The first-order valence-corrected chi connectivity index (χ1v) is 6.55. The Labute approximate surface area is 93.8 Å². The van der Waals surface area contributed by atoms with Gasteiger partial charge in [-0.1, -0.05) is 39.5 Å². The van der Waals surface area contributed by atoms with Crippen LogP contribution < -0.4 is 5.32 Å². The van der Waals surface area contributed by atoms with E-state index in [0.717, 1.165) is 25.3 Å². The summed E-state index contributed by atoms with van der Waals surface area (Å²) in [6, 6.07) is 0. The topological polar surface area (TPSA) is 29.1 Å². The van der Waals surface area contributed by atoms with Gasteiger partial charge in [0.1, 0.15) is 0 Å². The summed E-state index contributed by atoms with van der Waals surface area (Å²) >= 11 is 0. The molecule has 0 aromatic rings. The Hall–Kier alpha value is -0.530. The number of hydrogen-bond acceptors (Lipinski definition) is 1. The minimum atomic E-state index is 0.230. The molecule has 0 spiro atoms. The van der Waals surface area contributed by atoms with Gasteiger partial charge in [0.25, 0.3) is 0 Å². The maximum Gasteiger partial charge on any atom is 0.223 e. The minimum absolute atomic E-state index is 0.230. The molecule has 2 nitrogen and oxygen atoms in total. The van der Waals surface area contributed by atoms with E-state index >= 15 is 0 Å². The van der Waals surface area contributed by atoms with Crippen molar-refractivity contribution in [1.82, 2.24) is 5.32 Å². The quantitative estimate of drug-likeness (QED) is 0.718. The molecular formula is C13H25NO. The lowest BCUT2D eigenvalue weighted by Crippen LogP contribution is -2.31. The molecule has 1 saturated carbocycles. The van der Waals surface area contributed by atoms with Gasteiger partial charge < -0.3 is 5.32 Å². The molecule has 1 amide bonds. The fourth-order valence-electron chi connectivity index (χ4n) is 2.50. The summed E-state index contributed by atoms with van der Waals surface area (Å²) in [5.74, 6) is 1.37. The van der Waals surface area contributed by atoms with Crippen molar-refractivity contribution in [3.63, 3.8) is 0 Å². The van der Waals surface area contributed by atoms with Gasteiger partial charge in [-0.2, -0.15) is 0 Å². The summed E-state index contributed by atoms with van der Waals surface area (Å²) in [4.78, 5) is 11.7. The van der Waals surface area contributed by atoms with Crippen LogP contribution in [0.15, 0.2) is 0 Å². The Morgan fingerprint density at radius 3 is 2.40 bits per heavy atom. The number of hydrogen-bond donors (Lipinski definition) is 1. The number of carbonyl (C=O) groups is 1. The Balaban J connectivity index is 2.10. The molecule has 1 aliphatic rings.